The van der Waals surface area contributed by atoms with Gasteiger partial charge in [0.1, 0.15) is 11.3 Å². The largest absolute Gasteiger partial charge is 0.341 e. The van der Waals surface area contributed by atoms with Crippen molar-refractivity contribution < 1.29 is 0 Å². The van der Waals surface area contributed by atoms with Gasteiger partial charge in [0, 0.05) is 20.1 Å². The van der Waals surface area contributed by atoms with Gasteiger partial charge in [-0.1, -0.05) is 0 Å². The van der Waals surface area contributed by atoms with E-state index in [4.69, 9.17) is 12.2 Å². The van der Waals surface area contributed by atoms with Crippen molar-refractivity contribution in [2.75, 3.05) is 20.1 Å². The Morgan fingerprint density at radius 3 is 2.73 bits per heavy atom. The summed E-state index contributed by atoms with van der Waals surface area (Å²) < 4.78 is 0. The molecule has 2 aliphatic heterocycles. The maximum absolute atomic E-state index is 5.40. The van der Waals surface area contributed by atoms with E-state index in [1.165, 1.54) is 19.3 Å². The molecule has 3 fully saturated rings. The third kappa shape index (κ3) is 1.06. The van der Waals surface area contributed by atoms with Crippen LogP contribution in [0, 0.1) is 0 Å². The number of hydrogen-bond donors (Lipinski definition) is 3. The first-order valence-electron chi connectivity index (χ1n) is 5.76. The van der Waals surface area contributed by atoms with Crippen LogP contribution in [-0.2, 0) is 0 Å². The maximum Gasteiger partial charge on any atom is 0.171 e. The van der Waals surface area contributed by atoms with Crippen LogP contribution in [0.3, 0.4) is 0 Å². The van der Waals surface area contributed by atoms with Crippen molar-refractivity contribution in [2.45, 2.75) is 37.0 Å². The summed E-state index contributed by atoms with van der Waals surface area (Å²) in [6.07, 6.45) is 4.89. The third-order valence-electron chi connectivity index (χ3n) is 4.21. The van der Waals surface area contributed by atoms with Crippen molar-refractivity contribution in [3.05, 3.63) is 0 Å². The highest BCUT2D eigenvalue weighted by molar-refractivity contribution is 7.80. The lowest BCUT2D eigenvalue weighted by Crippen LogP contribution is -2.79. The highest BCUT2D eigenvalue weighted by atomic mass is 32.1. The molecule has 2 heterocycles. The Hall–Kier alpha value is -0.390. The molecule has 84 valence electrons. The number of hydrogen-bond acceptors (Lipinski definition) is 3. The molecule has 0 amide bonds. The predicted octanol–water partition coefficient (Wildman–Crippen LogP) is -0.0343. The summed E-state index contributed by atoms with van der Waals surface area (Å²) in [5.41, 5.74) is -0.00405. The Balaban J connectivity index is 2.06. The number of nitrogens with one attached hydrogen (secondary N) is 3. The molecule has 3 N–H and O–H groups in total. The fraction of sp³-hybridized carbons (Fsp3) is 0.900. The van der Waals surface area contributed by atoms with Gasteiger partial charge in [-0.05, 0) is 37.9 Å². The molecule has 0 aromatic rings. The van der Waals surface area contributed by atoms with Gasteiger partial charge in [-0.25, -0.2) is 0 Å². The second-order valence-corrected chi connectivity index (χ2v) is 5.20. The van der Waals surface area contributed by atoms with Crippen molar-refractivity contribution in [1.82, 2.24) is 20.9 Å². The van der Waals surface area contributed by atoms with Crippen LogP contribution in [-0.4, -0.2) is 41.5 Å². The quantitative estimate of drug-likeness (QED) is 0.506. The van der Waals surface area contributed by atoms with Crippen LogP contribution >= 0.6 is 12.2 Å². The average Bonchev–Trinajstić information content (AvgIpc) is 2.49. The minimum atomic E-state index is -0.0185. The average molecular weight is 226 g/mol. The Bertz CT molecular complexity index is 292. The van der Waals surface area contributed by atoms with Crippen molar-refractivity contribution in [3.63, 3.8) is 0 Å². The van der Waals surface area contributed by atoms with Gasteiger partial charge in [0.15, 0.2) is 5.11 Å². The summed E-state index contributed by atoms with van der Waals surface area (Å²) in [7, 11) is 2.10. The van der Waals surface area contributed by atoms with Crippen LogP contribution < -0.4 is 16.0 Å². The Morgan fingerprint density at radius 2 is 1.93 bits per heavy atom. The zero-order valence-electron chi connectivity index (χ0n) is 9.10. The van der Waals surface area contributed by atoms with Crippen LogP contribution in [0.2, 0.25) is 0 Å². The molecule has 0 bridgehead atoms. The maximum atomic E-state index is 5.40. The number of thiocarbonyl (C=S) groups is 1. The number of likely N-dealkylation sites (N-methyl/N-ethyl adjacent to an activating group) is 1. The van der Waals surface area contributed by atoms with Crippen molar-refractivity contribution in [3.8, 4) is 0 Å². The normalized spacial score (nSPS) is 44.6. The summed E-state index contributed by atoms with van der Waals surface area (Å²) in [5, 5.41) is 11.7. The van der Waals surface area contributed by atoms with Gasteiger partial charge >= 0.3 is 0 Å². The van der Waals surface area contributed by atoms with Crippen LogP contribution in [0.15, 0.2) is 0 Å². The van der Waals surface area contributed by atoms with Crippen LogP contribution in [0.4, 0.5) is 0 Å². The van der Waals surface area contributed by atoms with E-state index in [0.717, 1.165) is 24.6 Å². The standard InChI is InChI=1S/C10H18N4S/c1-14-8(15)13-9-4-2-3-5-10(9,14)12-7-6-11-9/h11-12H,2-7H2,1H3,(H,13,15)/t9-,10+/m0/s1. The van der Waals surface area contributed by atoms with Gasteiger partial charge in [-0.3, -0.25) is 10.6 Å². The fourth-order valence-electron chi connectivity index (χ4n) is 3.43. The Morgan fingerprint density at radius 1 is 1.20 bits per heavy atom. The molecular weight excluding hydrogens is 208 g/mol. The molecule has 2 saturated heterocycles. The van der Waals surface area contributed by atoms with E-state index < -0.39 is 0 Å². The Labute approximate surface area is 95.8 Å². The molecule has 0 spiro atoms. The lowest BCUT2D eigenvalue weighted by Gasteiger charge is -2.54. The molecule has 2 atom stereocenters. The van der Waals surface area contributed by atoms with Crippen LogP contribution in [0.5, 0.6) is 0 Å². The summed E-state index contributed by atoms with van der Waals surface area (Å²) in [6, 6.07) is 0. The molecule has 3 rings (SSSR count). The molecule has 1 saturated carbocycles. The van der Waals surface area contributed by atoms with Gasteiger partial charge in [-0.15, -0.1) is 0 Å². The summed E-state index contributed by atoms with van der Waals surface area (Å²) in [5.74, 6) is 0. The Kier molecular flexibility index (Phi) is 2.00. The lowest BCUT2D eigenvalue weighted by atomic mass is 9.77. The van der Waals surface area contributed by atoms with Gasteiger partial charge in [0.05, 0.1) is 0 Å². The van der Waals surface area contributed by atoms with Gasteiger partial charge in [-0.2, -0.15) is 0 Å². The van der Waals surface area contributed by atoms with E-state index in [2.05, 4.69) is 27.9 Å². The molecule has 1 aliphatic carbocycles. The van der Waals surface area contributed by atoms with E-state index in [1.54, 1.807) is 0 Å². The summed E-state index contributed by atoms with van der Waals surface area (Å²) in [4.78, 5) is 2.22. The van der Waals surface area contributed by atoms with Crippen molar-refractivity contribution in [2.24, 2.45) is 0 Å². The summed E-state index contributed by atoms with van der Waals surface area (Å²) >= 11 is 5.40. The minimum Gasteiger partial charge on any atom is -0.341 e. The monoisotopic (exact) mass is 226 g/mol. The molecule has 15 heavy (non-hydrogen) atoms. The highest BCUT2D eigenvalue weighted by Gasteiger charge is 2.62. The van der Waals surface area contributed by atoms with Crippen molar-refractivity contribution in [1.29, 1.82) is 0 Å². The van der Waals surface area contributed by atoms with E-state index in [1.807, 2.05) is 0 Å². The number of piperazine rings is 1. The SMILES string of the molecule is CN1C(=S)N[C@@]23CCCC[C@@]12NCCN3. The van der Waals surface area contributed by atoms with Crippen molar-refractivity contribution >= 4 is 17.3 Å². The molecule has 0 aromatic heterocycles. The molecule has 0 aromatic carbocycles. The molecule has 5 heteroatoms. The van der Waals surface area contributed by atoms with Crippen LogP contribution in [0.1, 0.15) is 25.7 Å². The van der Waals surface area contributed by atoms with E-state index in [9.17, 15) is 0 Å². The minimum absolute atomic E-state index is 0.0145. The molecule has 0 unspecified atom stereocenters. The first-order valence-corrected chi connectivity index (χ1v) is 6.17. The molecule has 3 aliphatic rings. The van der Waals surface area contributed by atoms with E-state index >= 15 is 0 Å². The smallest absolute Gasteiger partial charge is 0.171 e. The fourth-order valence-corrected chi connectivity index (χ4v) is 3.76. The first-order chi connectivity index (χ1) is 7.20. The van der Waals surface area contributed by atoms with Crippen LogP contribution in [0.25, 0.3) is 0 Å². The first kappa shape index (κ1) is 9.81. The number of nitrogens with zero attached hydrogens (tertiary/aromatic N) is 1. The van der Waals surface area contributed by atoms with E-state index in [0.29, 0.717) is 0 Å². The lowest BCUT2D eigenvalue weighted by molar-refractivity contribution is -0.00792. The molecular formula is C10H18N4S. The molecule has 0 radical (unpaired) electrons. The van der Waals surface area contributed by atoms with Gasteiger partial charge in [0.25, 0.3) is 0 Å². The predicted molar refractivity (Wildman–Crippen MR) is 63.4 cm³/mol. The van der Waals surface area contributed by atoms with E-state index in [-0.39, 0.29) is 11.3 Å². The van der Waals surface area contributed by atoms with Gasteiger partial charge < -0.3 is 10.2 Å². The summed E-state index contributed by atoms with van der Waals surface area (Å²) in [6.45, 7) is 2.04. The number of rotatable bonds is 0. The van der Waals surface area contributed by atoms with Gasteiger partial charge in [0.2, 0.25) is 0 Å². The zero-order valence-corrected chi connectivity index (χ0v) is 9.91. The highest BCUT2D eigenvalue weighted by Crippen LogP contribution is 2.42. The second-order valence-electron chi connectivity index (χ2n) is 4.82. The molecule has 4 nitrogen and oxygen atoms in total. The zero-order chi connectivity index (χ0) is 10.5. The topological polar surface area (TPSA) is 39.3 Å². The third-order valence-corrected chi connectivity index (χ3v) is 4.59. The second kappa shape index (κ2) is 3.06.